The van der Waals surface area contributed by atoms with E-state index in [1.165, 1.54) is 16.5 Å². The summed E-state index contributed by atoms with van der Waals surface area (Å²) < 4.78 is 35.6. The highest BCUT2D eigenvalue weighted by Crippen LogP contribution is 2.37. The first-order chi connectivity index (χ1) is 16.5. The van der Waals surface area contributed by atoms with Gasteiger partial charge in [-0.1, -0.05) is 13.8 Å². The fraction of sp³-hybridized carbons (Fsp3) is 0.545. The molecule has 2 aromatic rings. The van der Waals surface area contributed by atoms with Gasteiger partial charge < -0.3 is 14.5 Å². The number of hydrogen-bond donors (Lipinski definition) is 1. The van der Waals surface area contributed by atoms with Crippen molar-refractivity contribution in [2.75, 3.05) is 37.7 Å². The van der Waals surface area contributed by atoms with Crippen molar-refractivity contribution in [3.8, 4) is 6.07 Å². The van der Waals surface area contributed by atoms with Crippen LogP contribution in [0, 0.1) is 17.2 Å². The highest BCUT2D eigenvalue weighted by atomic mass is 35.5. The molecular formula is C22H27ClN6O5S. The Balaban J connectivity index is 1.79. The molecule has 1 aliphatic heterocycles. The van der Waals surface area contributed by atoms with Gasteiger partial charge >= 0.3 is 5.97 Å². The molecule has 11 nitrogen and oxygen atoms in total. The smallest absolute Gasteiger partial charge is 0.359 e. The van der Waals surface area contributed by atoms with Crippen molar-refractivity contribution in [3.63, 3.8) is 0 Å². The van der Waals surface area contributed by atoms with Gasteiger partial charge in [0, 0.05) is 32.1 Å². The summed E-state index contributed by atoms with van der Waals surface area (Å²) in [7, 11) is -4.10. The Morgan fingerprint density at radius 2 is 1.91 bits per heavy atom. The standard InChI is InChI=1S/C22H27ClN6O5S/c1-4-34-20(31)18-16-11-15(35(32,33)26-22(13-24)5-6-22)12-17(29(16)21(23)25-18)27-7-9-28(10-8-27)19(30)14(2)3/h11-12,14,26H,4-10H2,1-3H3. The van der Waals surface area contributed by atoms with Gasteiger partial charge in [0.05, 0.1) is 23.1 Å². The summed E-state index contributed by atoms with van der Waals surface area (Å²) in [4.78, 5) is 32.7. The summed E-state index contributed by atoms with van der Waals surface area (Å²) in [6.45, 7) is 7.19. The number of aromatic nitrogens is 2. The third-order valence-corrected chi connectivity index (χ3v) is 7.90. The zero-order chi connectivity index (χ0) is 25.5. The van der Waals surface area contributed by atoms with Crippen LogP contribution in [0.1, 0.15) is 44.1 Å². The highest BCUT2D eigenvalue weighted by Gasteiger charge is 2.47. The van der Waals surface area contributed by atoms with Crippen LogP contribution < -0.4 is 9.62 Å². The Morgan fingerprint density at radius 1 is 1.26 bits per heavy atom. The number of ether oxygens (including phenoxy) is 1. The third kappa shape index (κ3) is 4.80. The van der Waals surface area contributed by atoms with Gasteiger partial charge in [-0.3, -0.25) is 9.20 Å². The van der Waals surface area contributed by atoms with Crippen molar-refractivity contribution >= 4 is 44.8 Å². The number of nitrogens with zero attached hydrogens (tertiary/aromatic N) is 5. The number of nitriles is 1. The number of fused-ring (bicyclic) bond motifs is 1. The molecule has 1 saturated carbocycles. The minimum Gasteiger partial charge on any atom is -0.461 e. The van der Waals surface area contributed by atoms with Crippen molar-refractivity contribution < 1.29 is 22.7 Å². The summed E-state index contributed by atoms with van der Waals surface area (Å²) in [6.07, 6.45) is 0.854. The molecule has 35 heavy (non-hydrogen) atoms. The number of nitrogens with one attached hydrogen (secondary N) is 1. The van der Waals surface area contributed by atoms with E-state index in [0.29, 0.717) is 44.8 Å². The van der Waals surface area contributed by atoms with Crippen LogP contribution in [0.2, 0.25) is 5.28 Å². The molecule has 0 unspecified atom stereocenters. The summed E-state index contributed by atoms with van der Waals surface area (Å²) in [5.74, 6) is -0.396. The SMILES string of the molecule is CCOC(=O)c1nc(Cl)n2c(N3CCN(C(=O)C(C)C)CC3)cc(S(=O)(=O)NC3(C#N)CC3)cc12. The lowest BCUT2D eigenvalue weighted by Gasteiger charge is -2.37. The van der Waals surface area contributed by atoms with Crippen molar-refractivity contribution in [2.24, 2.45) is 5.92 Å². The normalized spacial score (nSPS) is 17.5. The van der Waals surface area contributed by atoms with E-state index >= 15 is 0 Å². The van der Waals surface area contributed by atoms with Gasteiger partial charge in [-0.05, 0) is 43.5 Å². The van der Waals surface area contributed by atoms with Crippen LogP contribution in [-0.4, -0.2) is 72.9 Å². The first-order valence-electron chi connectivity index (χ1n) is 11.4. The summed E-state index contributed by atoms with van der Waals surface area (Å²) in [5, 5.41) is 9.35. The monoisotopic (exact) mass is 522 g/mol. The minimum absolute atomic E-state index is 0.0219. The van der Waals surface area contributed by atoms with Crippen molar-refractivity contribution in [3.05, 3.63) is 23.1 Å². The number of anilines is 1. The molecule has 1 amide bonds. The number of hydrogen-bond acceptors (Lipinski definition) is 8. The molecule has 0 aromatic carbocycles. The van der Waals surface area contributed by atoms with E-state index in [4.69, 9.17) is 16.3 Å². The fourth-order valence-corrected chi connectivity index (χ4v) is 5.73. The highest BCUT2D eigenvalue weighted by molar-refractivity contribution is 7.89. The molecule has 0 spiro atoms. The van der Waals surface area contributed by atoms with Gasteiger partial charge in [-0.15, -0.1) is 0 Å². The molecule has 188 valence electrons. The molecule has 2 aliphatic rings. The number of sulfonamides is 1. The van der Waals surface area contributed by atoms with Crippen LogP contribution in [0.4, 0.5) is 5.82 Å². The van der Waals surface area contributed by atoms with Crippen LogP contribution in [0.15, 0.2) is 17.0 Å². The van der Waals surface area contributed by atoms with Gasteiger partial charge in [-0.25, -0.2) is 18.2 Å². The Hall–Kier alpha value is -2.88. The Labute approximate surface area is 208 Å². The number of carbonyl (C=O) groups is 2. The molecule has 0 radical (unpaired) electrons. The molecule has 3 heterocycles. The Kier molecular flexibility index (Phi) is 6.70. The summed E-state index contributed by atoms with van der Waals surface area (Å²) >= 11 is 6.42. The van der Waals surface area contributed by atoms with E-state index < -0.39 is 21.5 Å². The largest absolute Gasteiger partial charge is 0.461 e. The van der Waals surface area contributed by atoms with Crippen molar-refractivity contribution in [1.82, 2.24) is 19.0 Å². The first kappa shape index (κ1) is 25.2. The lowest BCUT2D eigenvalue weighted by molar-refractivity contribution is -0.134. The maximum Gasteiger partial charge on any atom is 0.359 e. The fourth-order valence-electron chi connectivity index (χ4n) is 4.06. The topological polar surface area (TPSA) is 137 Å². The van der Waals surface area contributed by atoms with E-state index in [1.54, 1.807) is 11.8 Å². The van der Waals surface area contributed by atoms with E-state index in [1.807, 2.05) is 24.8 Å². The Bertz CT molecular complexity index is 1320. The number of carbonyl (C=O) groups excluding carboxylic acids is 2. The zero-order valence-electron chi connectivity index (χ0n) is 19.7. The van der Waals surface area contributed by atoms with E-state index in [9.17, 15) is 23.3 Å². The van der Waals surface area contributed by atoms with Gasteiger partial charge in [0.15, 0.2) is 5.69 Å². The molecule has 1 saturated heterocycles. The van der Waals surface area contributed by atoms with Crippen molar-refractivity contribution in [2.45, 2.75) is 44.0 Å². The molecule has 2 aromatic heterocycles. The van der Waals surface area contributed by atoms with Crippen LogP contribution >= 0.6 is 11.6 Å². The second-order valence-corrected chi connectivity index (χ2v) is 11.0. The summed E-state index contributed by atoms with van der Waals surface area (Å²) in [5.41, 5.74) is -1.05. The van der Waals surface area contributed by atoms with Gasteiger partial charge in [0.1, 0.15) is 11.4 Å². The van der Waals surface area contributed by atoms with E-state index in [0.717, 1.165) is 0 Å². The molecule has 2 fully saturated rings. The van der Waals surface area contributed by atoms with Gasteiger partial charge in [0.2, 0.25) is 21.2 Å². The minimum atomic E-state index is -4.10. The van der Waals surface area contributed by atoms with Crippen molar-refractivity contribution in [1.29, 1.82) is 5.26 Å². The van der Waals surface area contributed by atoms with E-state index in [-0.39, 0.29) is 39.8 Å². The van der Waals surface area contributed by atoms with Crippen LogP contribution in [0.25, 0.3) is 5.52 Å². The van der Waals surface area contributed by atoms with Gasteiger partial charge in [-0.2, -0.15) is 9.98 Å². The predicted octanol–water partition coefficient (Wildman–Crippen LogP) is 1.80. The van der Waals surface area contributed by atoms with Crippen LogP contribution in [0.3, 0.4) is 0 Å². The lowest BCUT2D eigenvalue weighted by atomic mass is 10.1. The number of imidazole rings is 1. The number of pyridine rings is 1. The average Bonchev–Trinajstić information content (AvgIpc) is 3.51. The average molecular weight is 523 g/mol. The number of rotatable bonds is 7. The lowest BCUT2D eigenvalue weighted by Crippen LogP contribution is -2.50. The zero-order valence-corrected chi connectivity index (χ0v) is 21.3. The maximum absolute atomic E-state index is 13.2. The van der Waals surface area contributed by atoms with Gasteiger partial charge in [0.25, 0.3) is 0 Å². The second kappa shape index (κ2) is 9.29. The van der Waals surface area contributed by atoms with Crippen LogP contribution in [0.5, 0.6) is 0 Å². The molecule has 0 atom stereocenters. The number of halogens is 1. The number of piperazine rings is 1. The summed E-state index contributed by atoms with van der Waals surface area (Å²) in [6, 6.07) is 4.78. The third-order valence-electron chi connectivity index (χ3n) is 6.13. The molecule has 13 heteroatoms. The molecule has 4 rings (SSSR count). The Morgan fingerprint density at radius 3 is 2.46 bits per heavy atom. The number of esters is 1. The molecule has 1 N–H and O–H groups in total. The number of amides is 1. The second-order valence-electron chi connectivity index (χ2n) is 8.99. The molecule has 0 bridgehead atoms. The predicted molar refractivity (Wildman–Crippen MR) is 128 cm³/mol. The molecule has 1 aliphatic carbocycles. The quantitative estimate of drug-likeness (QED) is 0.543. The van der Waals surface area contributed by atoms with E-state index in [2.05, 4.69) is 9.71 Å². The molecular weight excluding hydrogens is 496 g/mol. The maximum atomic E-state index is 13.2. The first-order valence-corrected chi connectivity index (χ1v) is 13.3. The van der Waals surface area contributed by atoms with Crippen LogP contribution in [-0.2, 0) is 19.6 Å².